The average Bonchev–Trinajstić information content (AvgIpc) is 2.96. The van der Waals surface area contributed by atoms with Crippen LogP contribution in [0.1, 0.15) is 31.3 Å². The van der Waals surface area contributed by atoms with Crippen LogP contribution in [0.5, 0.6) is 0 Å². The summed E-state index contributed by atoms with van der Waals surface area (Å²) in [6, 6.07) is 0.405. The van der Waals surface area contributed by atoms with Crippen molar-refractivity contribution >= 4 is 0 Å². The second kappa shape index (κ2) is 5.58. The number of hydrogen-bond acceptors (Lipinski definition) is 5. The smallest absolute Gasteiger partial charge is 0.227 e. The highest BCUT2D eigenvalue weighted by atomic mass is 16.5. The van der Waals surface area contributed by atoms with Crippen LogP contribution in [0.2, 0.25) is 0 Å². The van der Waals surface area contributed by atoms with Crippen LogP contribution in [0.25, 0.3) is 0 Å². The quantitative estimate of drug-likeness (QED) is 0.761. The monoisotopic (exact) mass is 235 g/mol. The molecule has 17 heavy (non-hydrogen) atoms. The van der Waals surface area contributed by atoms with Crippen LogP contribution in [-0.4, -0.2) is 26.5 Å². The zero-order chi connectivity index (χ0) is 12.1. The lowest BCUT2D eigenvalue weighted by Crippen LogP contribution is -2.16. The molecule has 0 saturated carbocycles. The van der Waals surface area contributed by atoms with Crippen molar-refractivity contribution in [3.05, 3.63) is 30.2 Å². The van der Waals surface area contributed by atoms with E-state index in [2.05, 4.69) is 40.6 Å². The lowest BCUT2D eigenvalue weighted by Gasteiger charge is -2.03. The third kappa shape index (κ3) is 3.39. The molecule has 1 N–H and O–H groups in total. The fourth-order valence-electron chi connectivity index (χ4n) is 1.49. The molecule has 92 valence electrons. The van der Waals surface area contributed by atoms with Crippen molar-refractivity contribution in [1.82, 2.24) is 25.2 Å². The number of aromatic nitrogens is 4. The summed E-state index contributed by atoms with van der Waals surface area (Å²) in [6.45, 7) is 5.84. The summed E-state index contributed by atoms with van der Waals surface area (Å²) in [5.41, 5.74) is 1.18. The van der Waals surface area contributed by atoms with Gasteiger partial charge >= 0.3 is 0 Å². The van der Waals surface area contributed by atoms with Gasteiger partial charge in [-0.05, 0) is 13.8 Å². The fraction of sp³-hybridized carbons (Fsp3) is 0.545. The molecule has 0 spiro atoms. The molecule has 2 aromatic heterocycles. The van der Waals surface area contributed by atoms with E-state index >= 15 is 0 Å². The Hall–Kier alpha value is -1.69. The van der Waals surface area contributed by atoms with Gasteiger partial charge in [0.2, 0.25) is 5.89 Å². The van der Waals surface area contributed by atoms with Crippen molar-refractivity contribution in [2.24, 2.45) is 0 Å². The molecule has 0 aliphatic carbocycles. The summed E-state index contributed by atoms with van der Waals surface area (Å²) >= 11 is 0. The van der Waals surface area contributed by atoms with Crippen molar-refractivity contribution in [1.29, 1.82) is 0 Å². The minimum atomic E-state index is 0.405. The number of rotatable bonds is 6. The van der Waals surface area contributed by atoms with Gasteiger partial charge in [-0.25, -0.2) is 0 Å². The molecule has 0 fully saturated rings. The highest BCUT2D eigenvalue weighted by Crippen LogP contribution is 2.04. The van der Waals surface area contributed by atoms with Crippen molar-refractivity contribution in [2.75, 3.05) is 6.54 Å². The van der Waals surface area contributed by atoms with E-state index in [1.54, 1.807) is 0 Å². The molecule has 6 heteroatoms. The maximum absolute atomic E-state index is 4.90. The highest BCUT2D eigenvalue weighted by Gasteiger charge is 2.02. The van der Waals surface area contributed by atoms with Crippen molar-refractivity contribution in [2.45, 2.75) is 32.9 Å². The highest BCUT2D eigenvalue weighted by molar-refractivity contribution is 5.03. The molecule has 0 radical (unpaired) electrons. The second-order valence-electron chi connectivity index (χ2n) is 4.18. The molecule has 2 heterocycles. The number of nitrogens with one attached hydrogen (secondary N) is 1. The zero-order valence-corrected chi connectivity index (χ0v) is 10.1. The molecule has 0 aliphatic heterocycles. The topological polar surface area (TPSA) is 68.8 Å². The first-order chi connectivity index (χ1) is 8.25. The van der Waals surface area contributed by atoms with Crippen LogP contribution in [0, 0.1) is 0 Å². The third-order valence-electron chi connectivity index (χ3n) is 2.44. The Morgan fingerprint density at radius 1 is 1.47 bits per heavy atom. The van der Waals surface area contributed by atoms with Gasteiger partial charge in [0.25, 0.3) is 0 Å². The van der Waals surface area contributed by atoms with Crippen LogP contribution in [0.3, 0.4) is 0 Å². The van der Waals surface area contributed by atoms with E-state index < -0.39 is 0 Å². The third-order valence-corrected chi connectivity index (χ3v) is 2.44. The summed E-state index contributed by atoms with van der Waals surface area (Å²) < 4.78 is 6.86. The van der Waals surface area contributed by atoms with Gasteiger partial charge in [0, 0.05) is 37.3 Å². The van der Waals surface area contributed by atoms with Crippen LogP contribution in [0.15, 0.2) is 23.2 Å². The van der Waals surface area contributed by atoms with E-state index in [4.69, 9.17) is 4.52 Å². The molecule has 0 unspecified atom stereocenters. The maximum atomic E-state index is 4.90. The summed E-state index contributed by atoms with van der Waals surface area (Å²) in [5.74, 6) is 0.662. The molecular weight excluding hydrogens is 218 g/mol. The van der Waals surface area contributed by atoms with Gasteiger partial charge in [0.15, 0.2) is 6.33 Å². The van der Waals surface area contributed by atoms with Gasteiger partial charge in [-0.2, -0.15) is 10.1 Å². The number of nitrogens with zero attached hydrogens (tertiary/aromatic N) is 4. The number of hydrogen-bond donors (Lipinski definition) is 1. The Balaban J connectivity index is 1.71. The van der Waals surface area contributed by atoms with Gasteiger partial charge in [0.1, 0.15) is 0 Å². The minimum absolute atomic E-state index is 0.405. The molecule has 0 bridgehead atoms. The van der Waals surface area contributed by atoms with E-state index in [0.717, 1.165) is 19.5 Å². The molecule has 0 aromatic carbocycles. The Morgan fingerprint density at radius 3 is 3.00 bits per heavy atom. The molecule has 2 rings (SSSR count). The molecule has 6 nitrogen and oxygen atoms in total. The zero-order valence-electron chi connectivity index (χ0n) is 10.1. The van der Waals surface area contributed by atoms with E-state index in [-0.39, 0.29) is 0 Å². The molecule has 0 atom stereocenters. The van der Waals surface area contributed by atoms with E-state index in [1.807, 2.05) is 10.9 Å². The van der Waals surface area contributed by atoms with Crippen molar-refractivity contribution < 1.29 is 4.52 Å². The summed E-state index contributed by atoms with van der Waals surface area (Å²) in [5, 5.41) is 11.1. The van der Waals surface area contributed by atoms with Crippen molar-refractivity contribution in [3.63, 3.8) is 0 Å². The Labute approximate surface area is 100 Å². The molecule has 0 amide bonds. The second-order valence-corrected chi connectivity index (χ2v) is 4.18. The predicted molar refractivity (Wildman–Crippen MR) is 62.3 cm³/mol. The first-order valence-electron chi connectivity index (χ1n) is 5.75. The Morgan fingerprint density at radius 2 is 2.35 bits per heavy atom. The van der Waals surface area contributed by atoms with Crippen molar-refractivity contribution in [3.8, 4) is 0 Å². The largest absolute Gasteiger partial charge is 0.340 e. The van der Waals surface area contributed by atoms with Crippen LogP contribution in [-0.2, 0) is 13.0 Å². The van der Waals surface area contributed by atoms with Gasteiger partial charge in [0.05, 0.1) is 6.20 Å². The van der Waals surface area contributed by atoms with Gasteiger partial charge < -0.3 is 9.84 Å². The maximum Gasteiger partial charge on any atom is 0.227 e. The Bertz CT molecular complexity index is 434. The SMILES string of the molecule is CC(C)n1cc(CNCCc2ncno2)cn1. The summed E-state index contributed by atoms with van der Waals surface area (Å²) in [6.07, 6.45) is 6.12. The average molecular weight is 235 g/mol. The van der Waals surface area contributed by atoms with Crippen LogP contribution < -0.4 is 5.32 Å². The van der Waals surface area contributed by atoms with E-state index in [1.165, 1.54) is 11.9 Å². The lowest BCUT2D eigenvalue weighted by molar-refractivity contribution is 0.375. The standard InChI is InChI=1S/C11H17N5O/c1-9(2)16-7-10(6-14-16)5-12-4-3-11-13-8-15-17-11/h6-9,12H,3-5H2,1-2H3. The molecule has 0 aliphatic rings. The fourth-order valence-corrected chi connectivity index (χ4v) is 1.49. The predicted octanol–water partition coefficient (Wildman–Crippen LogP) is 1.18. The van der Waals surface area contributed by atoms with Gasteiger partial charge in [-0.3, -0.25) is 4.68 Å². The first-order valence-corrected chi connectivity index (χ1v) is 5.75. The molecular formula is C11H17N5O. The van der Waals surface area contributed by atoms with Gasteiger partial charge in [-0.15, -0.1) is 0 Å². The van der Waals surface area contributed by atoms with Crippen LogP contribution in [0.4, 0.5) is 0 Å². The van der Waals surface area contributed by atoms with Crippen LogP contribution >= 0.6 is 0 Å². The van der Waals surface area contributed by atoms with Gasteiger partial charge in [-0.1, -0.05) is 5.16 Å². The first kappa shape index (κ1) is 11.8. The minimum Gasteiger partial charge on any atom is -0.340 e. The normalized spacial score (nSPS) is 11.2. The lowest BCUT2D eigenvalue weighted by atomic mass is 10.3. The van der Waals surface area contributed by atoms with E-state index in [0.29, 0.717) is 11.9 Å². The Kier molecular flexibility index (Phi) is 3.87. The molecule has 2 aromatic rings. The summed E-state index contributed by atoms with van der Waals surface area (Å²) in [4.78, 5) is 3.95. The van der Waals surface area contributed by atoms with E-state index in [9.17, 15) is 0 Å². The molecule has 0 saturated heterocycles. The summed E-state index contributed by atoms with van der Waals surface area (Å²) in [7, 11) is 0.